The number of aliphatic hydroxyl groups excluding tert-OH is 1. The molecule has 134 valence electrons. The normalized spacial score (nSPS) is 14.2. The minimum Gasteiger partial charge on any atom is -0.396 e. The number of hydrogen-bond donors (Lipinski definition) is 2. The first kappa shape index (κ1) is 21.9. The van der Waals surface area contributed by atoms with Gasteiger partial charge in [0.05, 0.1) is 5.60 Å². The number of hydrogen-bond acceptors (Lipinski definition) is 2. The van der Waals surface area contributed by atoms with E-state index in [9.17, 15) is 5.11 Å². The Morgan fingerprint density at radius 3 is 1.32 bits per heavy atom. The highest BCUT2D eigenvalue weighted by Gasteiger charge is 2.18. The third-order valence-electron chi connectivity index (χ3n) is 4.72. The van der Waals surface area contributed by atoms with Gasteiger partial charge in [-0.1, -0.05) is 96.8 Å². The van der Waals surface area contributed by atoms with Gasteiger partial charge in [-0.3, -0.25) is 0 Å². The zero-order valence-electron chi connectivity index (χ0n) is 15.4. The van der Waals surface area contributed by atoms with Crippen LogP contribution >= 0.6 is 0 Å². The first-order chi connectivity index (χ1) is 10.6. The van der Waals surface area contributed by atoms with Gasteiger partial charge in [0.1, 0.15) is 0 Å². The summed E-state index contributed by atoms with van der Waals surface area (Å²) in [5.74, 6) is 0. The smallest absolute Gasteiger partial charge is 0.0641 e. The van der Waals surface area contributed by atoms with Crippen molar-refractivity contribution in [3.8, 4) is 0 Å². The van der Waals surface area contributed by atoms with Crippen molar-refractivity contribution in [2.45, 2.75) is 122 Å². The summed E-state index contributed by atoms with van der Waals surface area (Å²) in [6.45, 7) is 4.20. The van der Waals surface area contributed by atoms with Crippen LogP contribution in [0.1, 0.15) is 117 Å². The van der Waals surface area contributed by atoms with E-state index in [1.807, 2.05) is 6.92 Å². The lowest BCUT2D eigenvalue weighted by Crippen LogP contribution is -2.25. The zero-order valence-corrected chi connectivity index (χ0v) is 15.4. The van der Waals surface area contributed by atoms with Crippen molar-refractivity contribution in [3.05, 3.63) is 0 Å². The van der Waals surface area contributed by atoms with Crippen LogP contribution < -0.4 is 0 Å². The molecule has 22 heavy (non-hydrogen) atoms. The summed E-state index contributed by atoms with van der Waals surface area (Å²) in [4.78, 5) is 0. The Balaban J connectivity index is 3.11. The molecule has 0 aliphatic rings. The minimum absolute atomic E-state index is 0.0889. The van der Waals surface area contributed by atoms with Crippen LogP contribution in [0.25, 0.3) is 0 Å². The summed E-state index contributed by atoms with van der Waals surface area (Å²) >= 11 is 0. The highest BCUT2D eigenvalue weighted by molar-refractivity contribution is 4.71. The number of aliphatic hydroxyl groups is 2. The van der Waals surface area contributed by atoms with E-state index in [0.717, 1.165) is 12.8 Å². The van der Waals surface area contributed by atoms with Crippen LogP contribution in [0.5, 0.6) is 0 Å². The highest BCUT2D eigenvalue weighted by Crippen LogP contribution is 2.19. The summed E-state index contributed by atoms with van der Waals surface area (Å²) < 4.78 is 0. The second-order valence-electron chi connectivity index (χ2n) is 7.32. The van der Waals surface area contributed by atoms with Gasteiger partial charge in [0.2, 0.25) is 0 Å². The molecular weight excluding hydrogens is 272 g/mol. The molecule has 0 aromatic carbocycles. The molecule has 1 atom stereocenters. The van der Waals surface area contributed by atoms with Gasteiger partial charge < -0.3 is 10.2 Å². The van der Waals surface area contributed by atoms with E-state index in [1.54, 1.807) is 0 Å². The lowest BCUT2D eigenvalue weighted by molar-refractivity contribution is 0.0232. The molecule has 0 saturated heterocycles. The van der Waals surface area contributed by atoms with Crippen molar-refractivity contribution in [1.29, 1.82) is 0 Å². The summed E-state index contributed by atoms with van der Waals surface area (Å²) in [5, 5.41) is 18.8. The maximum atomic E-state index is 9.95. The van der Waals surface area contributed by atoms with E-state index in [1.165, 1.54) is 83.5 Å². The molecule has 0 amide bonds. The molecule has 0 heterocycles. The predicted molar refractivity (Wildman–Crippen MR) is 97.3 cm³/mol. The van der Waals surface area contributed by atoms with Gasteiger partial charge in [0.15, 0.2) is 0 Å². The molecule has 0 aromatic heterocycles. The standard InChI is InChI=1S/C20H42O2/c1-3-4-5-6-7-8-9-10-11-12-13-14-15-16-17-20(2,22)18-19-21/h21-22H,3-19H2,1-2H3/t20-/m1/s1. The van der Waals surface area contributed by atoms with Gasteiger partial charge in [0, 0.05) is 6.61 Å². The quantitative estimate of drug-likeness (QED) is 0.324. The predicted octanol–water partition coefficient (Wildman–Crippen LogP) is 5.99. The largest absolute Gasteiger partial charge is 0.396 e. The van der Waals surface area contributed by atoms with Crippen LogP contribution in [0.4, 0.5) is 0 Å². The molecule has 2 nitrogen and oxygen atoms in total. The lowest BCUT2D eigenvalue weighted by atomic mass is 9.94. The maximum absolute atomic E-state index is 9.95. The van der Waals surface area contributed by atoms with Crippen molar-refractivity contribution in [2.75, 3.05) is 6.61 Å². The molecule has 2 heteroatoms. The van der Waals surface area contributed by atoms with E-state index >= 15 is 0 Å². The molecule has 0 bridgehead atoms. The molecular formula is C20H42O2. The van der Waals surface area contributed by atoms with Gasteiger partial charge in [-0.15, -0.1) is 0 Å². The first-order valence-corrected chi connectivity index (χ1v) is 9.95. The maximum Gasteiger partial charge on any atom is 0.0641 e. The van der Waals surface area contributed by atoms with E-state index in [-0.39, 0.29) is 6.61 Å². The fourth-order valence-electron chi connectivity index (χ4n) is 3.07. The average Bonchev–Trinajstić information content (AvgIpc) is 2.47. The molecule has 0 rings (SSSR count). The van der Waals surface area contributed by atoms with Crippen molar-refractivity contribution >= 4 is 0 Å². The minimum atomic E-state index is -0.661. The van der Waals surface area contributed by atoms with Crippen LogP contribution in [0.2, 0.25) is 0 Å². The van der Waals surface area contributed by atoms with Gasteiger partial charge >= 0.3 is 0 Å². The molecule has 0 radical (unpaired) electrons. The molecule has 0 aliphatic carbocycles. The first-order valence-electron chi connectivity index (χ1n) is 9.95. The fourth-order valence-corrected chi connectivity index (χ4v) is 3.07. The summed E-state index contributed by atoms with van der Waals surface area (Å²) in [5.41, 5.74) is -0.661. The van der Waals surface area contributed by atoms with Gasteiger partial charge in [-0.05, 0) is 19.8 Å². The molecule has 0 spiro atoms. The number of rotatable bonds is 17. The Hall–Kier alpha value is -0.0800. The average molecular weight is 315 g/mol. The van der Waals surface area contributed by atoms with Crippen LogP contribution in [-0.4, -0.2) is 22.4 Å². The van der Waals surface area contributed by atoms with E-state index in [2.05, 4.69) is 6.92 Å². The Bertz CT molecular complexity index is 214. The zero-order chi connectivity index (χ0) is 16.5. The monoisotopic (exact) mass is 314 g/mol. The van der Waals surface area contributed by atoms with Crippen molar-refractivity contribution < 1.29 is 10.2 Å². The van der Waals surface area contributed by atoms with Gasteiger partial charge in [0.25, 0.3) is 0 Å². The van der Waals surface area contributed by atoms with Crippen molar-refractivity contribution in [2.24, 2.45) is 0 Å². The van der Waals surface area contributed by atoms with Crippen LogP contribution in [0, 0.1) is 0 Å². The van der Waals surface area contributed by atoms with Crippen LogP contribution in [0.3, 0.4) is 0 Å². The lowest BCUT2D eigenvalue weighted by Gasteiger charge is -2.21. The Kier molecular flexibility index (Phi) is 15.7. The molecule has 0 aromatic rings. The Morgan fingerprint density at radius 2 is 0.955 bits per heavy atom. The molecule has 0 saturated carbocycles. The molecule has 2 N–H and O–H groups in total. The Morgan fingerprint density at radius 1 is 0.591 bits per heavy atom. The van der Waals surface area contributed by atoms with E-state index in [0.29, 0.717) is 6.42 Å². The van der Waals surface area contributed by atoms with Crippen LogP contribution in [0.15, 0.2) is 0 Å². The van der Waals surface area contributed by atoms with Gasteiger partial charge in [-0.2, -0.15) is 0 Å². The summed E-state index contributed by atoms with van der Waals surface area (Å²) in [6.07, 6.45) is 20.4. The summed E-state index contributed by atoms with van der Waals surface area (Å²) in [6, 6.07) is 0. The van der Waals surface area contributed by atoms with Crippen LogP contribution in [-0.2, 0) is 0 Å². The van der Waals surface area contributed by atoms with E-state index < -0.39 is 5.60 Å². The number of unbranched alkanes of at least 4 members (excludes halogenated alkanes) is 13. The summed E-state index contributed by atoms with van der Waals surface area (Å²) in [7, 11) is 0. The molecule has 0 unspecified atom stereocenters. The molecule has 0 aliphatic heterocycles. The SMILES string of the molecule is CCCCCCCCCCCCCCCC[C@@](C)(O)CCO. The third-order valence-corrected chi connectivity index (χ3v) is 4.72. The van der Waals surface area contributed by atoms with Gasteiger partial charge in [-0.25, -0.2) is 0 Å². The Labute approximate surface area is 139 Å². The third kappa shape index (κ3) is 16.3. The second-order valence-corrected chi connectivity index (χ2v) is 7.32. The van der Waals surface area contributed by atoms with Crippen molar-refractivity contribution in [3.63, 3.8) is 0 Å². The molecule has 0 fully saturated rings. The second kappa shape index (κ2) is 15.8. The van der Waals surface area contributed by atoms with E-state index in [4.69, 9.17) is 5.11 Å². The van der Waals surface area contributed by atoms with Crippen molar-refractivity contribution in [1.82, 2.24) is 0 Å². The fraction of sp³-hybridized carbons (Fsp3) is 1.00. The topological polar surface area (TPSA) is 40.5 Å². The highest BCUT2D eigenvalue weighted by atomic mass is 16.3.